The van der Waals surface area contributed by atoms with Gasteiger partial charge in [0.25, 0.3) is 11.6 Å². The molecule has 1 saturated heterocycles. The van der Waals surface area contributed by atoms with Crippen molar-refractivity contribution in [2.75, 3.05) is 13.1 Å². The van der Waals surface area contributed by atoms with Crippen molar-refractivity contribution in [2.45, 2.75) is 18.9 Å². The maximum atomic E-state index is 12.3. The minimum atomic E-state index is -0.510. The number of carbonyl (C=O) groups excluding carboxylic acids is 1. The van der Waals surface area contributed by atoms with Crippen LogP contribution in [0.2, 0.25) is 0 Å². The van der Waals surface area contributed by atoms with E-state index >= 15 is 0 Å². The second-order valence-corrected chi connectivity index (χ2v) is 5.52. The van der Waals surface area contributed by atoms with Gasteiger partial charge in [0.2, 0.25) is 0 Å². The third kappa shape index (κ3) is 3.91. The minimum absolute atomic E-state index is 0. The zero-order valence-electron chi connectivity index (χ0n) is 10.6. The molecule has 0 aliphatic carbocycles. The van der Waals surface area contributed by atoms with Crippen molar-refractivity contribution in [2.24, 2.45) is 5.73 Å². The predicted octanol–water partition coefficient (Wildman–Crippen LogP) is 2.34. The van der Waals surface area contributed by atoms with Gasteiger partial charge in [0.05, 0.1) is 4.92 Å². The van der Waals surface area contributed by atoms with Crippen molar-refractivity contribution in [3.05, 3.63) is 38.3 Å². The first kappa shape index (κ1) is 16.9. The normalized spacial score (nSPS) is 18.3. The minimum Gasteiger partial charge on any atom is -0.337 e. The second-order valence-electron chi connectivity index (χ2n) is 4.61. The Morgan fingerprint density at radius 2 is 2.15 bits per heavy atom. The molecule has 1 aromatic rings. The van der Waals surface area contributed by atoms with Gasteiger partial charge < -0.3 is 10.6 Å². The van der Waals surface area contributed by atoms with Crippen LogP contribution in [0.3, 0.4) is 0 Å². The summed E-state index contributed by atoms with van der Waals surface area (Å²) < 4.78 is 0.520. The fourth-order valence-corrected chi connectivity index (χ4v) is 2.66. The summed E-state index contributed by atoms with van der Waals surface area (Å²) in [7, 11) is 0. The number of non-ortho nitro benzene ring substituents is 1. The van der Waals surface area contributed by atoms with E-state index < -0.39 is 4.92 Å². The molecule has 1 aliphatic heterocycles. The molecule has 1 unspecified atom stereocenters. The van der Waals surface area contributed by atoms with Crippen LogP contribution in [0, 0.1) is 10.1 Å². The molecule has 8 heteroatoms. The van der Waals surface area contributed by atoms with Gasteiger partial charge in [-0.05, 0) is 18.9 Å². The molecule has 2 N–H and O–H groups in total. The Morgan fingerprint density at radius 3 is 2.75 bits per heavy atom. The Hall–Kier alpha value is -1.18. The van der Waals surface area contributed by atoms with Gasteiger partial charge in [0.1, 0.15) is 0 Å². The van der Waals surface area contributed by atoms with E-state index in [-0.39, 0.29) is 30.0 Å². The Morgan fingerprint density at radius 1 is 1.45 bits per heavy atom. The van der Waals surface area contributed by atoms with Crippen LogP contribution in [0.4, 0.5) is 5.69 Å². The van der Waals surface area contributed by atoms with Gasteiger partial charge in [0, 0.05) is 41.3 Å². The highest BCUT2D eigenvalue weighted by Gasteiger charge is 2.23. The zero-order valence-corrected chi connectivity index (χ0v) is 13.0. The molecule has 0 saturated carbocycles. The van der Waals surface area contributed by atoms with Crippen LogP contribution in [0.15, 0.2) is 22.7 Å². The van der Waals surface area contributed by atoms with Crippen molar-refractivity contribution >= 4 is 39.9 Å². The van der Waals surface area contributed by atoms with Crippen LogP contribution < -0.4 is 5.73 Å². The summed E-state index contributed by atoms with van der Waals surface area (Å²) >= 11 is 3.19. The van der Waals surface area contributed by atoms with Crippen LogP contribution in [-0.2, 0) is 0 Å². The highest BCUT2D eigenvalue weighted by molar-refractivity contribution is 9.10. The number of hydrogen-bond acceptors (Lipinski definition) is 4. The number of halogens is 2. The van der Waals surface area contributed by atoms with Gasteiger partial charge in [-0.1, -0.05) is 15.9 Å². The lowest BCUT2D eigenvalue weighted by atomic mass is 10.1. The SMILES string of the molecule is Cl.NC1CCCN(C(=O)c2cc(Br)cc([N+](=O)[O-])c2)C1. The number of nitrogens with two attached hydrogens (primary N) is 1. The van der Waals surface area contributed by atoms with Gasteiger partial charge in [-0.2, -0.15) is 0 Å². The molecular weight excluding hydrogens is 350 g/mol. The van der Waals surface area contributed by atoms with E-state index in [2.05, 4.69) is 15.9 Å². The Bertz CT molecular complexity index is 527. The molecule has 0 radical (unpaired) electrons. The van der Waals surface area contributed by atoms with Crippen LogP contribution in [0.25, 0.3) is 0 Å². The Labute approximate surface area is 131 Å². The number of rotatable bonds is 2. The number of likely N-dealkylation sites (tertiary alicyclic amines) is 1. The lowest BCUT2D eigenvalue weighted by Crippen LogP contribution is -2.45. The van der Waals surface area contributed by atoms with E-state index in [9.17, 15) is 14.9 Å². The summed E-state index contributed by atoms with van der Waals surface area (Å²) in [6, 6.07) is 4.25. The third-order valence-electron chi connectivity index (χ3n) is 3.09. The van der Waals surface area contributed by atoms with Crippen LogP contribution in [0.1, 0.15) is 23.2 Å². The van der Waals surface area contributed by atoms with Crippen LogP contribution in [-0.4, -0.2) is 34.9 Å². The van der Waals surface area contributed by atoms with Crippen molar-refractivity contribution in [3.63, 3.8) is 0 Å². The Balaban J connectivity index is 0.00000200. The molecule has 2 rings (SSSR count). The monoisotopic (exact) mass is 363 g/mol. The van der Waals surface area contributed by atoms with Crippen molar-refractivity contribution in [1.29, 1.82) is 0 Å². The van der Waals surface area contributed by atoms with E-state index in [4.69, 9.17) is 5.73 Å². The predicted molar refractivity (Wildman–Crippen MR) is 81.2 cm³/mol. The average Bonchev–Trinajstić information content (AvgIpc) is 2.37. The second kappa shape index (κ2) is 7.01. The summed E-state index contributed by atoms with van der Waals surface area (Å²) in [5, 5.41) is 10.8. The highest BCUT2D eigenvalue weighted by Crippen LogP contribution is 2.23. The lowest BCUT2D eigenvalue weighted by molar-refractivity contribution is -0.385. The molecule has 0 bridgehead atoms. The maximum absolute atomic E-state index is 12.3. The molecule has 110 valence electrons. The summed E-state index contributed by atoms with van der Waals surface area (Å²) in [4.78, 5) is 24.2. The largest absolute Gasteiger partial charge is 0.337 e. The smallest absolute Gasteiger partial charge is 0.271 e. The van der Waals surface area contributed by atoms with Crippen LogP contribution >= 0.6 is 28.3 Å². The van der Waals surface area contributed by atoms with Gasteiger partial charge in [-0.3, -0.25) is 14.9 Å². The molecule has 20 heavy (non-hydrogen) atoms. The van der Waals surface area contributed by atoms with Crippen molar-refractivity contribution < 1.29 is 9.72 Å². The molecule has 1 fully saturated rings. The quantitative estimate of drug-likeness (QED) is 0.644. The van der Waals surface area contributed by atoms with Gasteiger partial charge in [-0.15, -0.1) is 12.4 Å². The number of nitrogens with zero attached hydrogens (tertiary/aromatic N) is 2. The number of nitro benzene ring substituents is 1. The summed E-state index contributed by atoms with van der Waals surface area (Å²) in [6.07, 6.45) is 1.77. The number of piperidine rings is 1. The molecule has 6 nitrogen and oxygen atoms in total. The first-order valence-corrected chi connectivity index (χ1v) is 6.76. The van der Waals surface area contributed by atoms with Gasteiger partial charge in [-0.25, -0.2) is 0 Å². The molecule has 0 aromatic heterocycles. The fraction of sp³-hybridized carbons (Fsp3) is 0.417. The average molecular weight is 365 g/mol. The summed E-state index contributed by atoms with van der Waals surface area (Å²) in [5.41, 5.74) is 6.05. The number of amides is 1. The highest BCUT2D eigenvalue weighted by atomic mass is 79.9. The maximum Gasteiger partial charge on any atom is 0.271 e. The summed E-state index contributed by atoms with van der Waals surface area (Å²) in [6.45, 7) is 1.14. The molecule has 1 heterocycles. The number of carbonyl (C=O) groups is 1. The van der Waals surface area contributed by atoms with Gasteiger partial charge >= 0.3 is 0 Å². The lowest BCUT2D eigenvalue weighted by Gasteiger charge is -2.30. The number of nitro groups is 1. The van der Waals surface area contributed by atoms with Crippen molar-refractivity contribution in [3.8, 4) is 0 Å². The number of hydrogen-bond donors (Lipinski definition) is 1. The molecule has 0 spiro atoms. The molecule has 1 aliphatic rings. The molecule has 1 amide bonds. The fourth-order valence-electron chi connectivity index (χ4n) is 2.18. The van der Waals surface area contributed by atoms with Crippen LogP contribution in [0.5, 0.6) is 0 Å². The first-order chi connectivity index (χ1) is 8.97. The Kier molecular flexibility index (Phi) is 5.91. The molecule has 1 atom stereocenters. The zero-order chi connectivity index (χ0) is 14.0. The van der Waals surface area contributed by atoms with Crippen molar-refractivity contribution in [1.82, 2.24) is 4.90 Å². The summed E-state index contributed by atoms with van der Waals surface area (Å²) in [5.74, 6) is -0.209. The number of benzene rings is 1. The van der Waals surface area contributed by atoms with E-state index in [1.807, 2.05) is 0 Å². The molecular formula is C12H15BrClN3O3. The molecule has 1 aromatic carbocycles. The van der Waals surface area contributed by atoms with Gasteiger partial charge in [0.15, 0.2) is 0 Å². The third-order valence-corrected chi connectivity index (χ3v) is 3.54. The van der Waals surface area contributed by atoms with E-state index in [1.165, 1.54) is 12.1 Å². The topological polar surface area (TPSA) is 89.5 Å². The van der Waals surface area contributed by atoms with E-state index in [0.29, 0.717) is 23.1 Å². The first-order valence-electron chi connectivity index (χ1n) is 5.97. The van der Waals surface area contributed by atoms with E-state index in [0.717, 1.165) is 12.8 Å². The van der Waals surface area contributed by atoms with E-state index in [1.54, 1.807) is 11.0 Å². The standard InChI is InChI=1S/C12H14BrN3O3.ClH/c13-9-4-8(5-11(6-9)16(18)19)12(17)15-3-1-2-10(14)7-15;/h4-6,10H,1-3,7,14H2;1H.